The first-order valence-corrected chi connectivity index (χ1v) is 6.93. The molecular formula is C15H19NO3. The van der Waals surface area contributed by atoms with E-state index in [1.165, 1.54) is 24.3 Å². The van der Waals surface area contributed by atoms with Crippen LogP contribution in [0.4, 0.5) is 0 Å². The van der Waals surface area contributed by atoms with Crippen molar-refractivity contribution in [2.75, 3.05) is 7.11 Å². The van der Waals surface area contributed by atoms with Gasteiger partial charge in [-0.3, -0.25) is 9.63 Å². The molecule has 3 rings (SSSR count). The Morgan fingerprint density at radius 3 is 2.63 bits per heavy atom. The van der Waals surface area contributed by atoms with Crippen LogP contribution in [-0.2, 0) is 9.57 Å². The Bertz CT molecular complexity index is 468. The molecule has 1 heterocycles. The van der Waals surface area contributed by atoms with Crippen molar-refractivity contribution in [3.8, 4) is 0 Å². The zero-order valence-electron chi connectivity index (χ0n) is 11.2. The average molecular weight is 261 g/mol. The Morgan fingerprint density at radius 2 is 1.89 bits per heavy atom. The van der Waals surface area contributed by atoms with Gasteiger partial charge in [0.1, 0.15) is 0 Å². The third kappa shape index (κ3) is 2.26. The third-order valence-electron chi connectivity index (χ3n) is 3.91. The second-order valence-electron chi connectivity index (χ2n) is 5.17. The first kappa shape index (κ1) is 12.6. The number of hydrogen-bond donors (Lipinski definition) is 0. The molecule has 4 heteroatoms. The van der Waals surface area contributed by atoms with Gasteiger partial charge in [0.2, 0.25) is 0 Å². The Morgan fingerprint density at radius 1 is 1.16 bits per heavy atom. The standard InChI is InChI=1S/C15H19NO3/c1-18-15-13-10-6-5-9-12(13)14(17)16(15)19-11-7-3-2-4-8-11/h5-6,9-11,15H,2-4,7-8H2,1H3. The Kier molecular flexibility index (Phi) is 3.53. The van der Waals surface area contributed by atoms with Crippen molar-refractivity contribution in [3.63, 3.8) is 0 Å². The Hall–Kier alpha value is -1.39. The molecule has 0 spiro atoms. The summed E-state index contributed by atoms with van der Waals surface area (Å²) < 4.78 is 5.44. The fourth-order valence-corrected chi connectivity index (χ4v) is 2.92. The molecule has 0 radical (unpaired) electrons. The summed E-state index contributed by atoms with van der Waals surface area (Å²) in [6.45, 7) is 0. The van der Waals surface area contributed by atoms with Crippen molar-refractivity contribution < 1.29 is 14.4 Å². The summed E-state index contributed by atoms with van der Waals surface area (Å²) in [5, 5.41) is 1.42. The molecule has 1 aliphatic heterocycles. The van der Waals surface area contributed by atoms with E-state index in [0.717, 1.165) is 18.4 Å². The fraction of sp³-hybridized carbons (Fsp3) is 0.533. The molecular weight excluding hydrogens is 242 g/mol. The number of methoxy groups -OCH3 is 1. The molecule has 1 aromatic carbocycles. The minimum atomic E-state index is -0.411. The number of rotatable bonds is 3. The first-order chi connectivity index (χ1) is 9.31. The van der Waals surface area contributed by atoms with Crippen LogP contribution >= 0.6 is 0 Å². The molecule has 0 bridgehead atoms. The van der Waals surface area contributed by atoms with E-state index in [1.807, 2.05) is 24.3 Å². The Labute approximate surface area is 113 Å². The third-order valence-corrected chi connectivity index (χ3v) is 3.91. The molecule has 1 unspecified atom stereocenters. The molecule has 1 saturated carbocycles. The lowest BCUT2D eigenvalue weighted by Gasteiger charge is -2.29. The highest BCUT2D eigenvalue weighted by molar-refractivity contribution is 5.98. The quantitative estimate of drug-likeness (QED) is 0.839. The van der Waals surface area contributed by atoms with Gasteiger partial charge in [0.05, 0.1) is 6.10 Å². The smallest absolute Gasteiger partial charge is 0.280 e. The van der Waals surface area contributed by atoms with E-state index < -0.39 is 6.23 Å². The highest BCUT2D eigenvalue weighted by Crippen LogP contribution is 2.35. The van der Waals surface area contributed by atoms with Gasteiger partial charge in [0.15, 0.2) is 6.23 Å². The monoisotopic (exact) mass is 261 g/mol. The maximum Gasteiger partial charge on any atom is 0.280 e. The van der Waals surface area contributed by atoms with Gasteiger partial charge in [-0.05, 0) is 18.9 Å². The van der Waals surface area contributed by atoms with Gasteiger partial charge in [0.25, 0.3) is 5.91 Å². The number of ether oxygens (including phenoxy) is 1. The summed E-state index contributed by atoms with van der Waals surface area (Å²) in [7, 11) is 1.61. The lowest BCUT2D eigenvalue weighted by Crippen LogP contribution is -2.34. The predicted octanol–water partition coefficient (Wildman–Crippen LogP) is 3.05. The van der Waals surface area contributed by atoms with Crippen LogP contribution in [-0.4, -0.2) is 24.2 Å². The molecule has 1 fully saturated rings. The summed E-state index contributed by atoms with van der Waals surface area (Å²) >= 11 is 0. The topological polar surface area (TPSA) is 38.8 Å². The molecule has 1 amide bonds. The summed E-state index contributed by atoms with van der Waals surface area (Å²) in [6.07, 6.45) is 5.40. The maximum atomic E-state index is 12.4. The molecule has 1 aromatic rings. The molecule has 1 atom stereocenters. The average Bonchev–Trinajstić information content (AvgIpc) is 2.73. The van der Waals surface area contributed by atoms with E-state index in [1.54, 1.807) is 7.11 Å². The van der Waals surface area contributed by atoms with Crippen molar-refractivity contribution >= 4 is 5.91 Å². The van der Waals surface area contributed by atoms with E-state index in [2.05, 4.69) is 0 Å². The summed E-state index contributed by atoms with van der Waals surface area (Å²) in [5.74, 6) is -0.0898. The van der Waals surface area contributed by atoms with Crippen LogP contribution in [0.1, 0.15) is 54.3 Å². The van der Waals surface area contributed by atoms with Crippen LogP contribution < -0.4 is 0 Å². The molecule has 1 aliphatic carbocycles. The van der Waals surface area contributed by atoms with Gasteiger partial charge in [-0.1, -0.05) is 37.5 Å². The van der Waals surface area contributed by atoms with Crippen LogP contribution in [0.3, 0.4) is 0 Å². The van der Waals surface area contributed by atoms with Crippen molar-refractivity contribution in [1.82, 2.24) is 5.06 Å². The molecule has 4 nitrogen and oxygen atoms in total. The van der Waals surface area contributed by atoms with Crippen LogP contribution in [0.15, 0.2) is 24.3 Å². The summed E-state index contributed by atoms with van der Waals surface area (Å²) in [5.41, 5.74) is 1.58. The second-order valence-corrected chi connectivity index (χ2v) is 5.17. The molecule has 2 aliphatic rings. The zero-order valence-corrected chi connectivity index (χ0v) is 11.2. The minimum absolute atomic E-state index is 0.0898. The van der Waals surface area contributed by atoms with Crippen LogP contribution in [0.5, 0.6) is 0 Å². The van der Waals surface area contributed by atoms with Gasteiger partial charge >= 0.3 is 0 Å². The number of carbonyl (C=O) groups excluding carboxylic acids is 1. The van der Waals surface area contributed by atoms with Crippen LogP contribution in [0, 0.1) is 0 Å². The van der Waals surface area contributed by atoms with Crippen molar-refractivity contribution in [3.05, 3.63) is 35.4 Å². The minimum Gasteiger partial charge on any atom is -0.355 e. The van der Waals surface area contributed by atoms with E-state index >= 15 is 0 Å². The van der Waals surface area contributed by atoms with Gasteiger partial charge in [-0.2, -0.15) is 5.06 Å². The molecule has 102 valence electrons. The number of nitrogens with zero attached hydrogens (tertiary/aromatic N) is 1. The van der Waals surface area contributed by atoms with Gasteiger partial charge in [-0.25, -0.2) is 0 Å². The number of fused-ring (bicyclic) bond motifs is 1. The zero-order chi connectivity index (χ0) is 13.2. The number of hydrogen-bond acceptors (Lipinski definition) is 3. The number of carbonyl (C=O) groups is 1. The van der Waals surface area contributed by atoms with Gasteiger partial charge in [-0.15, -0.1) is 0 Å². The van der Waals surface area contributed by atoms with Gasteiger partial charge in [0, 0.05) is 18.2 Å². The van der Waals surface area contributed by atoms with Crippen molar-refractivity contribution in [2.45, 2.75) is 44.4 Å². The van der Waals surface area contributed by atoms with E-state index in [0.29, 0.717) is 5.56 Å². The highest BCUT2D eigenvalue weighted by atomic mass is 16.7. The molecule has 0 aromatic heterocycles. The summed E-state index contributed by atoms with van der Waals surface area (Å²) in [4.78, 5) is 18.3. The normalized spacial score (nSPS) is 23.7. The lowest BCUT2D eigenvalue weighted by atomic mass is 9.98. The SMILES string of the molecule is COC1c2ccccc2C(=O)N1OC1CCCCC1. The van der Waals surface area contributed by atoms with E-state index in [9.17, 15) is 4.79 Å². The van der Waals surface area contributed by atoms with E-state index in [-0.39, 0.29) is 12.0 Å². The first-order valence-electron chi connectivity index (χ1n) is 6.93. The number of amides is 1. The number of benzene rings is 1. The molecule has 19 heavy (non-hydrogen) atoms. The number of hydroxylamine groups is 2. The maximum absolute atomic E-state index is 12.4. The van der Waals surface area contributed by atoms with E-state index in [4.69, 9.17) is 9.57 Å². The molecule has 0 saturated heterocycles. The second kappa shape index (κ2) is 5.31. The largest absolute Gasteiger partial charge is 0.355 e. The van der Waals surface area contributed by atoms with Crippen molar-refractivity contribution in [2.24, 2.45) is 0 Å². The fourth-order valence-electron chi connectivity index (χ4n) is 2.92. The molecule has 0 N–H and O–H groups in total. The van der Waals surface area contributed by atoms with Gasteiger partial charge < -0.3 is 4.74 Å². The predicted molar refractivity (Wildman–Crippen MR) is 70.3 cm³/mol. The Balaban J connectivity index is 1.80. The van der Waals surface area contributed by atoms with Crippen LogP contribution in [0.25, 0.3) is 0 Å². The van der Waals surface area contributed by atoms with Crippen LogP contribution in [0.2, 0.25) is 0 Å². The highest BCUT2D eigenvalue weighted by Gasteiger charge is 2.39. The summed E-state index contributed by atoms with van der Waals surface area (Å²) in [6, 6.07) is 7.54. The van der Waals surface area contributed by atoms with Crippen molar-refractivity contribution in [1.29, 1.82) is 0 Å². The lowest BCUT2D eigenvalue weighted by molar-refractivity contribution is -0.239.